The molecule has 1 fully saturated rings. The van der Waals surface area contributed by atoms with Gasteiger partial charge in [0.25, 0.3) is 0 Å². The van der Waals surface area contributed by atoms with Crippen LogP contribution in [0.25, 0.3) is 0 Å². The van der Waals surface area contributed by atoms with Gasteiger partial charge in [-0.25, -0.2) is 17.2 Å². The molecule has 5 nitrogen and oxygen atoms in total. The molecule has 1 N–H and O–H groups in total. The summed E-state index contributed by atoms with van der Waals surface area (Å²) < 4.78 is 67.6. The van der Waals surface area contributed by atoms with Gasteiger partial charge in [-0.3, -0.25) is 0 Å². The number of fused-ring (bicyclic) bond motifs is 3. The van der Waals surface area contributed by atoms with Crippen molar-refractivity contribution in [2.45, 2.75) is 28.6 Å². The Morgan fingerprint density at radius 3 is 2.52 bits per heavy atom. The van der Waals surface area contributed by atoms with Gasteiger partial charge in [-0.15, -0.1) is 0 Å². The van der Waals surface area contributed by atoms with Crippen LogP contribution in [-0.4, -0.2) is 39.4 Å². The van der Waals surface area contributed by atoms with Crippen molar-refractivity contribution in [3.8, 4) is 5.75 Å². The van der Waals surface area contributed by atoms with Crippen molar-refractivity contribution in [1.29, 1.82) is 0 Å². The molecular weight excluding hydrogens is 470 g/mol. The van der Waals surface area contributed by atoms with Crippen molar-refractivity contribution in [1.82, 2.24) is 0 Å². The average molecular weight is 489 g/mol. The van der Waals surface area contributed by atoms with Gasteiger partial charge in [0.1, 0.15) is 10.6 Å². The zero-order valence-electron chi connectivity index (χ0n) is 15.3. The Morgan fingerprint density at radius 1 is 1.14 bits per heavy atom. The molecule has 0 spiro atoms. The summed E-state index contributed by atoms with van der Waals surface area (Å²) in [6.07, 6.45) is -0.554. The monoisotopic (exact) mass is 488 g/mol. The number of ether oxygens (including phenoxy) is 2. The molecule has 1 saturated heterocycles. The first-order valence-electron chi connectivity index (χ1n) is 9.17. The quantitative estimate of drug-likeness (QED) is 0.711. The first-order chi connectivity index (χ1) is 13.8. The van der Waals surface area contributed by atoms with Gasteiger partial charge in [-0.05, 0) is 49.2 Å². The number of hydrogen-bond acceptors (Lipinski definition) is 5. The molecule has 2 heterocycles. The van der Waals surface area contributed by atoms with E-state index in [-0.39, 0.29) is 48.9 Å². The molecule has 4 rings (SSSR count). The summed E-state index contributed by atoms with van der Waals surface area (Å²) >= 11 is 3.28. The Bertz CT molecular complexity index is 1030. The number of aliphatic hydroxyl groups excluding tert-OH is 1. The molecule has 0 amide bonds. The highest BCUT2D eigenvalue weighted by molar-refractivity contribution is 9.10. The molecule has 0 unspecified atom stereocenters. The number of sulfone groups is 1. The number of benzene rings is 2. The fraction of sp³-hybridized carbons (Fsp3) is 0.400. The first kappa shape index (κ1) is 20.7. The number of hydrogen-bond donors (Lipinski definition) is 1. The van der Waals surface area contributed by atoms with Gasteiger partial charge in [0.2, 0.25) is 0 Å². The lowest BCUT2D eigenvalue weighted by atomic mass is 9.75. The van der Waals surface area contributed by atoms with Crippen LogP contribution in [0.5, 0.6) is 5.75 Å². The average Bonchev–Trinajstić information content (AvgIpc) is 2.71. The summed E-state index contributed by atoms with van der Waals surface area (Å²) in [5.41, 5.74) is -0.289. The topological polar surface area (TPSA) is 72.8 Å². The molecule has 2 aliphatic rings. The van der Waals surface area contributed by atoms with Gasteiger partial charge in [0.15, 0.2) is 21.4 Å². The van der Waals surface area contributed by atoms with E-state index < -0.39 is 38.2 Å². The Balaban J connectivity index is 2.01. The summed E-state index contributed by atoms with van der Waals surface area (Å²) in [6.45, 7) is -0.353. The van der Waals surface area contributed by atoms with Crippen molar-refractivity contribution in [3.05, 3.63) is 58.1 Å². The van der Waals surface area contributed by atoms with Crippen LogP contribution < -0.4 is 4.74 Å². The predicted octanol–water partition coefficient (Wildman–Crippen LogP) is 3.58. The minimum absolute atomic E-state index is 0.00635. The van der Waals surface area contributed by atoms with Crippen LogP contribution in [0.1, 0.15) is 18.4 Å². The maximum absolute atomic E-state index is 15.1. The van der Waals surface area contributed by atoms with E-state index in [1.54, 1.807) is 12.1 Å². The second-order valence-corrected chi connectivity index (χ2v) is 10.3. The predicted molar refractivity (Wildman–Crippen MR) is 104 cm³/mol. The van der Waals surface area contributed by atoms with Crippen LogP contribution in [-0.2, 0) is 19.3 Å². The van der Waals surface area contributed by atoms with Crippen LogP contribution in [0, 0.1) is 17.6 Å². The molecule has 2 aromatic carbocycles. The van der Waals surface area contributed by atoms with E-state index in [4.69, 9.17) is 9.47 Å². The van der Waals surface area contributed by atoms with Crippen molar-refractivity contribution < 1.29 is 31.8 Å². The molecular formula is C20H19BrF2O5S. The second kappa shape index (κ2) is 7.61. The van der Waals surface area contributed by atoms with Crippen LogP contribution in [0.2, 0.25) is 0 Å². The molecule has 0 aliphatic carbocycles. The van der Waals surface area contributed by atoms with Gasteiger partial charge >= 0.3 is 0 Å². The highest BCUT2D eigenvalue weighted by Crippen LogP contribution is 2.55. The fourth-order valence-corrected chi connectivity index (χ4v) is 7.07. The van der Waals surface area contributed by atoms with E-state index in [9.17, 15) is 17.9 Å². The summed E-state index contributed by atoms with van der Waals surface area (Å²) in [6, 6.07) is 7.91. The second-order valence-electron chi connectivity index (χ2n) is 7.17. The van der Waals surface area contributed by atoms with Crippen LogP contribution in [0.15, 0.2) is 45.8 Å². The van der Waals surface area contributed by atoms with Gasteiger partial charge in [0.05, 0.1) is 23.2 Å². The third-order valence-electron chi connectivity index (χ3n) is 5.76. The molecule has 0 bridgehead atoms. The lowest BCUT2D eigenvalue weighted by Crippen LogP contribution is -2.57. The van der Waals surface area contributed by atoms with Gasteiger partial charge < -0.3 is 14.6 Å². The molecule has 2 aromatic rings. The lowest BCUT2D eigenvalue weighted by molar-refractivity contribution is -0.0806. The van der Waals surface area contributed by atoms with Crippen LogP contribution >= 0.6 is 15.9 Å². The summed E-state index contributed by atoms with van der Waals surface area (Å²) in [5.74, 6) is -2.82. The maximum atomic E-state index is 15.1. The molecule has 0 radical (unpaired) electrons. The van der Waals surface area contributed by atoms with E-state index in [1.807, 2.05) is 0 Å². The van der Waals surface area contributed by atoms with Gasteiger partial charge in [0, 0.05) is 23.6 Å². The van der Waals surface area contributed by atoms with Crippen LogP contribution in [0.3, 0.4) is 0 Å². The number of aliphatic hydroxyl groups is 1. The highest BCUT2D eigenvalue weighted by Gasteiger charge is 2.61. The van der Waals surface area contributed by atoms with E-state index in [0.717, 1.165) is 12.1 Å². The van der Waals surface area contributed by atoms with E-state index in [2.05, 4.69) is 15.9 Å². The molecule has 2 aliphatic heterocycles. The standard InChI is InChI=1S/C20H19BrF2O5S/c21-12-1-3-13(4-2-12)29(25,26)20-8-10-27-17(7-9-24)14(20)11-28-19-16(23)6-5-15(22)18(19)20/h1-6,14,17,24H,7-11H2/t14-,17-,20-/m0/s1. The number of halogens is 3. The minimum atomic E-state index is -4.17. The minimum Gasteiger partial charge on any atom is -0.490 e. The van der Waals surface area contributed by atoms with E-state index >= 15 is 4.39 Å². The molecule has 29 heavy (non-hydrogen) atoms. The Labute approximate surface area is 175 Å². The van der Waals surface area contributed by atoms with Crippen molar-refractivity contribution >= 4 is 25.8 Å². The summed E-state index contributed by atoms with van der Waals surface area (Å²) in [4.78, 5) is 0.00635. The van der Waals surface area contributed by atoms with Crippen molar-refractivity contribution in [2.75, 3.05) is 19.8 Å². The third kappa shape index (κ3) is 3.10. The van der Waals surface area contributed by atoms with Crippen molar-refractivity contribution in [2.24, 2.45) is 5.92 Å². The Morgan fingerprint density at radius 2 is 1.83 bits per heavy atom. The smallest absolute Gasteiger partial charge is 0.189 e. The lowest BCUT2D eigenvalue weighted by Gasteiger charge is -2.50. The maximum Gasteiger partial charge on any atom is 0.189 e. The molecule has 0 saturated carbocycles. The SMILES string of the molecule is O=S(=O)(c1ccc(Br)cc1)[C@@]12CCO[C@@H](CCO)[C@@H]1COc1c(F)ccc(F)c12. The van der Waals surface area contributed by atoms with Crippen LogP contribution in [0.4, 0.5) is 8.78 Å². The van der Waals surface area contributed by atoms with Gasteiger partial charge in [-0.2, -0.15) is 0 Å². The molecule has 156 valence electrons. The first-order valence-corrected chi connectivity index (χ1v) is 11.4. The highest BCUT2D eigenvalue weighted by atomic mass is 79.9. The summed E-state index contributed by atoms with van der Waals surface area (Å²) in [5, 5.41) is 9.43. The number of rotatable bonds is 4. The Kier molecular flexibility index (Phi) is 5.43. The van der Waals surface area contributed by atoms with E-state index in [0.29, 0.717) is 4.47 Å². The molecule has 0 aromatic heterocycles. The summed E-state index contributed by atoms with van der Waals surface area (Å²) in [7, 11) is -4.17. The Hall–Kier alpha value is -1.55. The molecule has 3 atom stereocenters. The van der Waals surface area contributed by atoms with Crippen molar-refractivity contribution in [3.63, 3.8) is 0 Å². The van der Waals surface area contributed by atoms with E-state index in [1.165, 1.54) is 12.1 Å². The molecule has 9 heteroatoms. The zero-order valence-corrected chi connectivity index (χ0v) is 17.7. The largest absolute Gasteiger partial charge is 0.490 e. The van der Waals surface area contributed by atoms with Gasteiger partial charge in [-0.1, -0.05) is 15.9 Å². The zero-order chi connectivity index (χ0) is 20.8. The normalized spacial score (nSPS) is 26.3. The third-order valence-corrected chi connectivity index (χ3v) is 8.85. The fourth-order valence-electron chi connectivity index (χ4n) is 4.46.